The van der Waals surface area contributed by atoms with Crippen molar-refractivity contribution in [1.29, 1.82) is 0 Å². The maximum atomic E-state index is 8.34. The van der Waals surface area contributed by atoms with Gasteiger partial charge in [0.2, 0.25) is 0 Å². The summed E-state index contributed by atoms with van der Waals surface area (Å²) in [7, 11) is 0. The molecule has 0 spiro atoms. The van der Waals surface area contributed by atoms with Crippen LogP contribution < -0.4 is 0 Å². The molecule has 0 atom stereocenters. The molecule has 0 aliphatic carbocycles. The standard InChI is InChI=1S/Co.Li.2O. The van der Waals surface area contributed by atoms with Gasteiger partial charge in [0.15, 0.2) is 0 Å². The Kier molecular flexibility index (Phi) is 20.6. The third kappa shape index (κ3) is 15.8. The first-order valence-electron chi connectivity index (χ1n) is 0.272. The van der Waals surface area contributed by atoms with Gasteiger partial charge in [0.1, 0.15) is 0 Å². The van der Waals surface area contributed by atoms with E-state index in [1.807, 2.05) is 0 Å². The van der Waals surface area contributed by atoms with Crippen LogP contribution in [-0.4, -0.2) is 18.9 Å². The summed E-state index contributed by atoms with van der Waals surface area (Å²) in [4.78, 5) is 0. The molecule has 0 aliphatic rings. The van der Waals surface area contributed by atoms with E-state index in [9.17, 15) is 0 Å². The summed E-state index contributed by atoms with van der Waals surface area (Å²) in [5.41, 5.74) is 0. The van der Waals surface area contributed by atoms with Crippen LogP contribution in [0.1, 0.15) is 0 Å². The minimum absolute atomic E-state index is 0. The van der Waals surface area contributed by atoms with Crippen LogP contribution in [-0.2, 0) is 22.3 Å². The molecule has 0 bridgehead atoms. The van der Waals surface area contributed by atoms with E-state index in [2.05, 4.69) is 0 Å². The summed E-state index contributed by atoms with van der Waals surface area (Å²) < 4.78 is 16.7. The van der Waals surface area contributed by atoms with E-state index in [4.69, 9.17) is 7.73 Å². The number of rotatable bonds is 0. The van der Waals surface area contributed by atoms with Gasteiger partial charge in [0, 0.05) is 18.9 Å². The Hall–Kier alpha value is 0.704. The minimum atomic E-state index is -1.06. The van der Waals surface area contributed by atoms with E-state index in [0.29, 0.717) is 0 Å². The van der Waals surface area contributed by atoms with Crippen LogP contribution in [0, 0.1) is 0 Å². The van der Waals surface area contributed by atoms with Crippen LogP contribution in [0.5, 0.6) is 0 Å². The Morgan fingerprint density at radius 2 is 1.25 bits per heavy atom. The van der Waals surface area contributed by atoms with Gasteiger partial charge in [0.25, 0.3) is 0 Å². The summed E-state index contributed by atoms with van der Waals surface area (Å²) in [5.74, 6) is 0. The summed E-state index contributed by atoms with van der Waals surface area (Å²) in [6.07, 6.45) is 0. The van der Waals surface area contributed by atoms with Gasteiger partial charge in [0.05, 0.1) is 0 Å². The van der Waals surface area contributed by atoms with Crippen LogP contribution in [0.25, 0.3) is 0 Å². The monoisotopic (exact) mass is 97.9 g/mol. The van der Waals surface area contributed by atoms with Crippen molar-refractivity contribution in [2.45, 2.75) is 0 Å². The fraction of sp³-hybridized carbons (Fsp3) is 0. The molecular weight excluding hydrogens is 97.9 g/mol. The first-order valence-corrected chi connectivity index (χ1v) is 1.12. The van der Waals surface area contributed by atoms with Crippen molar-refractivity contribution >= 4 is 18.9 Å². The number of hydrogen-bond donors (Lipinski definition) is 0. The molecule has 0 aromatic carbocycles. The Morgan fingerprint density at radius 1 is 1.25 bits per heavy atom. The van der Waals surface area contributed by atoms with Crippen molar-refractivity contribution in [3.05, 3.63) is 0 Å². The zero-order chi connectivity index (χ0) is 2.71. The van der Waals surface area contributed by atoms with Gasteiger partial charge in [-0.25, -0.2) is 0 Å². The van der Waals surface area contributed by atoms with Gasteiger partial charge in [-0.15, -0.1) is 0 Å². The van der Waals surface area contributed by atoms with E-state index >= 15 is 0 Å². The number of hydrogen-bond acceptors (Lipinski definition) is 2. The maximum absolute atomic E-state index is 8.34. The molecule has 0 aromatic heterocycles. The fourth-order valence-corrected chi connectivity index (χ4v) is 0. The Morgan fingerprint density at radius 3 is 1.25 bits per heavy atom. The Bertz CT molecular complexity index is 27.0. The van der Waals surface area contributed by atoms with Crippen molar-refractivity contribution in [3.8, 4) is 0 Å². The molecule has 4 heavy (non-hydrogen) atoms. The summed E-state index contributed by atoms with van der Waals surface area (Å²) in [6.45, 7) is 0. The molecule has 0 aromatic rings. The van der Waals surface area contributed by atoms with Crippen molar-refractivity contribution < 1.29 is 22.3 Å². The molecule has 0 N–H and O–H groups in total. The third-order valence-electron chi connectivity index (χ3n) is 0. The SMILES string of the molecule is [Li].[O]=[Co]=[O]. The van der Waals surface area contributed by atoms with Crippen LogP contribution in [0.2, 0.25) is 0 Å². The van der Waals surface area contributed by atoms with Crippen molar-refractivity contribution in [1.82, 2.24) is 0 Å². The molecule has 0 saturated carbocycles. The van der Waals surface area contributed by atoms with E-state index in [0.717, 1.165) is 0 Å². The Balaban J connectivity index is 0. The zero-order valence-electron chi connectivity index (χ0n) is 2.15. The van der Waals surface area contributed by atoms with Crippen molar-refractivity contribution in [2.24, 2.45) is 0 Å². The van der Waals surface area contributed by atoms with E-state index < -0.39 is 14.6 Å². The molecule has 2 nitrogen and oxygen atoms in total. The summed E-state index contributed by atoms with van der Waals surface area (Å²) >= 11 is -1.06. The van der Waals surface area contributed by atoms with Gasteiger partial charge in [-0.2, -0.15) is 0 Å². The molecule has 1 radical (unpaired) electrons. The van der Waals surface area contributed by atoms with Crippen LogP contribution in [0.3, 0.4) is 0 Å². The topological polar surface area (TPSA) is 34.1 Å². The van der Waals surface area contributed by atoms with E-state index in [-0.39, 0.29) is 18.9 Å². The van der Waals surface area contributed by atoms with Gasteiger partial charge >= 0.3 is 22.3 Å². The average Bonchev–Trinajstić information content (AvgIpc) is 0.918. The summed E-state index contributed by atoms with van der Waals surface area (Å²) in [6, 6.07) is 0. The predicted octanol–water partition coefficient (Wildman–Crippen LogP) is -0.621. The van der Waals surface area contributed by atoms with Gasteiger partial charge in [-0.05, 0) is 0 Å². The van der Waals surface area contributed by atoms with Crippen LogP contribution in [0.15, 0.2) is 0 Å². The summed E-state index contributed by atoms with van der Waals surface area (Å²) in [5, 5.41) is 0. The molecular formula is CoLiO2. The second-order valence-electron chi connectivity index (χ2n) is 0.0556. The van der Waals surface area contributed by atoms with E-state index in [1.54, 1.807) is 0 Å². The predicted molar refractivity (Wildman–Crippen MR) is 7.13 cm³/mol. The van der Waals surface area contributed by atoms with Crippen molar-refractivity contribution in [3.63, 3.8) is 0 Å². The average molecular weight is 97.9 g/mol. The quantitative estimate of drug-likeness (QED) is 0.378. The molecule has 0 saturated heterocycles. The molecule has 0 unspecified atom stereocenters. The van der Waals surface area contributed by atoms with Crippen LogP contribution >= 0.6 is 0 Å². The second-order valence-corrected chi connectivity index (χ2v) is 0.229. The third-order valence-corrected chi connectivity index (χ3v) is 0. The fourth-order valence-electron chi connectivity index (χ4n) is 0. The first kappa shape index (κ1) is 8.83. The van der Waals surface area contributed by atoms with Gasteiger partial charge in [-0.3, -0.25) is 0 Å². The Labute approximate surface area is 41.5 Å². The van der Waals surface area contributed by atoms with Crippen LogP contribution in [0.4, 0.5) is 0 Å². The second kappa shape index (κ2) is 9.33. The molecule has 0 aliphatic heterocycles. The van der Waals surface area contributed by atoms with Gasteiger partial charge < -0.3 is 0 Å². The molecule has 22 valence electrons. The molecule has 0 heterocycles. The van der Waals surface area contributed by atoms with E-state index in [1.165, 1.54) is 0 Å². The van der Waals surface area contributed by atoms with Crippen molar-refractivity contribution in [2.75, 3.05) is 0 Å². The molecule has 0 amide bonds. The molecule has 0 fully saturated rings. The first-order chi connectivity index (χ1) is 1.41. The van der Waals surface area contributed by atoms with Gasteiger partial charge in [-0.1, -0.05) is 0 Å². The normalized spacial score (nSPS) is 4.00. The zero-order valence-corrected chi connectivity index (χ0v) is 3.19. The molecule has 0 rings (SSSR count). The molecule has 4 heteroatoms.